The predicted octanol–water partition coefficient (Wildman–Crippen LogP) is 2.84. The first-order chi connectivity index (χ1) is 10.1. The molecule has 0 saturated carbocycles. The Morgan fingerprint density at radius 1 is 1.29 bits per heavy atom. The molecule has 1 fully saturated rings. The van der Waals surface area contributed by atoms with E-state index in [1.165, 1.54) is 28.3 Å². The number of nitrogens with zero attached hydrogens (tertiary/aromatic N) is 3. The lowest BCUT2D eigenvalue weighted by molar-refractivity contribution is 0.252. The van der Waals surface area contributed by atoms with Crippen LogP contribution in [0.4, 0.5) is 15.2 Å². The summed E-state index contributed by atoms with van der Waals surface area (Å²) in [5, 5.41) is 1.08. The third-order valence-electron chi connectivity index (χ3n) is 3.57. The molecule has 1 aromatic carbocycles. The topological polar surface area (TPSA) is 45.4 Å². The Hall–Kier alpha value is -1.37. The number of halogens is 2. The third-order valence-corrected chi connectivity index (χ3v) is 4.69. The molecule has 0 aliphatic carbocycles. The van der Waals surface area contributed by atoms with Crippen LogP contribution in [0.25, 0.3) is 0 Å². The van der Waals surface area contributed by atoms with Crippen LogP contribution >= 0.6 is 22.9 Å². The second kappa shape index (κ2) is 6.17. The van der Waals surface area contributed by atoms with E-state index < -0.39 is 0 Å². The summed E-state index contributed by atoms with van der Waals surface area (Å²) < 4.78 is 13.1. The number of hydrogen-bond acceptors (Lipinski definition) is 5. The highest BCUT2D eigenvalue weighted by atomic mass is 35.5. The van der Waals surface area contributed by atoms with Crippen molar-refractivity contribution in [2.24, 2.45) is 0 Å². The number of benzene rings is 1. The molecule has 7 heteroatoms. The Bertz CT molecular complexity index is 625. The van der Waals surface area contributed by atoms with Gasteiger partial charge in [-0.15, -0.1) is 11.3 Å². The van der Waals surface area contributed by atoms with Crippen molar-refractivity contribution in [3.05, 3.63) is 40.1 Å². The number of hydrogen-bond donors (Lipinski definition) is 1. The number of thiazole rings is 1. The number of nitrogen functional groups attached to an aromatic ring is 1. The van der Waals surface area contributed by atoms with Gasteiger partial charge in [0, 0.05) is 43.8 Å². The molecule has 112 valence electrons. The average molecular weight is 327 g/mol. The van der Waals surface area contributed by atoms with E-state index in [0.717, 1.165) is 38.4 Å². The molecular formula is C14H16ClFN4S. The molecule has 1 aromatic heterocycles. The van der Waals surface area contributed by atoms with Gasteiger partial charge in [-0.3, -0.25) is 4.90 Å². The van der Waals surface area contributed by atoms with Gasteiger partial charge >= 0.3 is 0 Å². The van der Waals surface area contributed by atoms with Crippen LogP contribution in [0, 0.1) is 5.82 Å². The zero-order valence-corrected chi connectivity index (χ0v) is 13.0. The van der Waals surface area contributed by atoms with E-state index in [1.54, 1.807) is 6.07 Å². The molecule has 2 N–H and O–H groups in total. The highest BCUT2D eigenvalue weighted by molar-refractivity contribution is 7.15. The number of nitrogens with two attached hydrogens (primary N) is 1. The maximum atomic E-state index is 13.1. The summed E-state index contributed by atoms with van der Waals surface area (Å²) in [6.07, 6.45) is 1.84. The third kappa shape index (κ3) is 3.45. The zero-order valence-electron chi connectivity index (χ0n) is 11.4. The Morgan fingerprint density at radius 3 is 2.67 bits per heavy atom. The van der Waals surface area contributed by atoms with E-state index in [0.29, 0.717) is 10.2 Å². The molecule has 0 spiro atoms. The molecular weight excluding hydrogens is 311 g/mol. The van der Waals surface area contributed by atoms with Crippen LogP contribution in [-0.2, 0) is 6.54 Å². The molecule has 1 saturated heterocycles. The van der Waals surface area contributed by atoms with Gasteiger partial charge in [0.1, 0.15) is 5.82 Å². The van der Waals surface area contributed by atoms with Gasteiger partial charge in [0.05, 0.1) is 10.7 Å². The fraction of sp³-hybridized carbons (Fsp3) is 0.357. The molecule has 2 aromatic rings. The summed E-state index contributed by atoms with van der Waals surface area (Å²) in [5.74, 6) is -0.301. The highest BCUT2D eigenvalue weighted by Gasteiger charge is 2.19. The van der Waals surface area contributed by atoms with Crippen molar-refractivity contribution in [2.75, 3.05) is 36.8 Å². The SMILES string of the molecule is Nc1ncc(CN2CCN(c3ccc(F)cc3Cl)CC2)s1. The number of aromatic nitrogens is 1. The molecule has 1 aliphatic rings. The van der Waals surface area contributed by atoms with Gasteiger partial charge in [0.2, 0.25) is 0 Å². The molecule has 2 heterocycles. The smallest absolute Gasteiger partial charge is 0.180 e. The van der Waals surface area contributed by atoms with Gasteiger partial charge in [-0.05, 0) is 18.2 Å². The monoisotopic (exact) mass is 326 g/mol. The number of rotatable bonds is 3. The van der Waals surface area contributed by atoms with Gasteiger partial charge in [0.15, 0.2) is 5.13 Å². The quantitative estimate of drug-likeness (QED) is 0.942. The lowest BCUT2D eigenvalue weighted by Crippen LogP contribution is -2.46. The largest absolute Gasteiger partial charge is 0.375 e. The molecule has 4 nitrogen and oxygen atoms in total. The van der Waals surface area contributed by atoms with E-state index in [4.69, 9.17) is 17.3 Å². The summed E-state index contributed by atoms with van der Waals surface area (Å²) >= 11 is 7.65. The van der Waals surface area contributed by atoms with Crippen LogP contribution in [0.5, 0.6) is 0 Å². The molecule has 21 heavy (non-hydrogen) atoms. The molecule has 0 unspecified atom stereocenters. The molecule has 0 atom stereocenters. The second-order valence-electron chi connectivity index (χ2n) is 5.02. The van der Waals surface area contributed by atoms with E-state index in [2.05, 4.69) is 14.8 Å². The van der Waals surface area contributed by atoms with Crippen LogP contribution in [-0.4, -0.2) is 36.1 Å². The van der Waals surface area contributed by atoms with Crippen LogP contribution in [0.1, 0.15) is 4.88 Å². The lowest BCUT2D eigenvalue weighted by Gasteiger charge is -2.36. The summed E-state index contributed by atoms with van der Waals surface area (Å²) in [5.41, 5.74) is 6.55. The van der Waals surface area contributed by atoms with Crippen molar-refractivity contribution in [3.8, 4) is 0 Å². The molecule has 0 amide bonds. The fourth-order valence-electron chi connectivity index (χ4n) is 2.50. The van der Waals surface area contributed by atoms with Gasteiger partial charge in [0.25, 0.3) is 0 Å². The van der Waals surface area contributed by atoms with E-state index >= 15 is 0 Å². The minimum absolute atomic E-state index is 0.301. The Kier molecular flexibility index (Phi) is 4.28. The van der Waals surface area contributed by atoms with Gasteiger partial charge in [-0.2, -0.15) is 0 Å². The molecule has 0 bridgehead atoms. The normalized spacial score (nSPS) is 16.4. The van der Waals surface area contributed by atoms with Crippen molar-refractivity contribution in [3.63, 3.8) is 0 Å². The first-order valence-corrected chi connectivity index (χ1v) is 7.94. The van der Waals surface area contributed by atoms with Gasteiger partial charge in [-0.25, -0.2) is 9.37 Å². The van der Waals surface area contributed by atoms with Crippen molar-refractivity contribution >= 4 is 33.8 Å². The minimum atomic E-state index is -0.301. The maximum Gasteiger partial charge on any atom is 0.180 e. The van der Waals surface area contributed by atoms with Crippen LogP contribution in [0.15, 0.2) is 24.4 Å². The highest BCUT2D eigenvalue weighted by Crippen LogP contribution is 2.27. The first-order valence-electron chi connectivity index (χ1n) is 6.74. The second-order valence-corrected chi connectivity index (χ2v) is 6.58. The lowest BCUT2D eigenvalue weighted by atomic mass is 10.2. The number of piperazine rings is 1. The maximum absolute atomic E-state index is 13.1. The Balaban J connectivity index is 1.59. The molecule has 0 radical (unpaired) electrons. The van der Waals surface area contributed by atoms with E-state index in [1.807, 2.05) is 6.20 Å². The van der Waals surface area contributed by atoms with Gasteiger partial charge in [-0.1, -0.05) is 11.6 Å². The Labute approximate surface area is 131 Å². The summed E-state index contributed by atoms with van der Waals surface area (Å²) in [6.45, 7) is 4.50. The van der Waals surface area contributed by atoms with Crippen LogP contribution in [0.2, 0.25) is 5.02 Å². The van der Waals surface area contributed by atoms with Crippen LogP contribution < -0.4 is 10.6 Å². The number of anilines is 2. The van der Waals surface area contributed by atoms with Crippen LogP contribution in [0.3, 0.4) is 0 Å². The summed E-state index contributed by atoms with van der Waals surface area (Å²) in [7, 11) is 0. The van der Waals surface area contributed by atoms with E-state index in [9.17, 15) is 4.39 Å². The zero-order chi connectivity index (χ0) is 14.8. The van der Waals surface area contributed by atoms with Crippen molar-refractivity contribution < 1.29 is 4.39 Å². The Morgan fingerprint density at radius 2 is 2.05 bits per heavy atom. The molecule has 1 aliphatic heterocycles. The van der Waals surface area contributed by atoms with Crippen molar-refractivity contribution in [1.29, 1.82) is 0 Å². The summed E-state index contributed by atoms with van der Waals surface area (Å²) in [4.78, 5) is 9.81. The predicted molar refractivity (Wildman–Crippen MR) is 85.4 cm³/mol. The summed E-state index contributed by atoms with van der Waals surface area (Å²) in [6, 6.07) is 4.56. The first kappa shape index (κ1) is 14.6. The average Bonchev–Trinajstić information content (AvgIpc) is 2.85. The minimum Gasteiger partial charge on any atom is -0.375 e. The fourth-order valence-corrected chi connectivity index (χ4v) is 3.51. The molecule has 3 rings (SSSR count). The van der Waals surface area contributed by atoms with Gasteiger partial charge < -0.3 is 10.6 Å². The van der Waals surface area contributed by atoms with Crippen molar-refractivity contribution in [1.82, 2.24) is 9.88 Å². The van der Waals surface area contributed by atoms with Crippen molar-refractivity contribution in [2.45, 2.75) is 6.54 Å². The standard InChI is InChI=1S/C14H16ClFN4S/c15-12-7-10(16)1-2-13(12)20-5-3-19(4-6-20)9-11-8-18-14(17)21-11/h1-2,7-8H,3-6,9H2,(H2,17,18). The van der Waals surface area contributed by atoms with E-state index in [-0.39, 0.29) is 5.82 Å².